The van der Waals surface area contributed by atoms with E-state index in [9.17, 15) is 13.9 Å². The first-order valence-electron chi connectivity index (χ1n) is 4.05. The fraction of sp³-hybridized carbons (Fsp3) is 0.222. The Labute approximate surface area is 81.8 Å². The zero-order valence-corrected chi connectivity index (χ0v) is 8.28. The standard InChI is InChI=1S/C9H9O4P/c10-9(6-7-13-14(11)12)8-4-2-1-3-5-8/h1-5H,6-7H2. The Kier molecular flexibility index (Phi) is 4.23. The van der Waals surface area contributed by atoms with Crippen molar-refractivity contribution in [2.45, 2.75) is 6.42 Å². The molecule has 0 aliphatic rings. The van der Waals surface area contributed by atoms with Crippen molar-refractivity contribution >= 4 is 13.7 Å². The van der Waals surface area contributed by atoms with Gasteiger partial charge in [0.25, 0.3) is 0 Å². The van der Waals surface area contributed by atoms with Crippen LogP contribution in [-0.4, -0.2) is 12.4 Å². The van der Waals surface area contributed by atoms with Crippen LogP contribution in [-0.2, 0) is 13.7 Å². The smallest absolute Gasteiger partial charge is 0.294 e. The van der Waals surface area contributed by atoms with E-state index in [1.807, 2.05) is 6.07 Å². The van der Waals surface area contributed by atoms with E-state index < -0.39 is 7.91 Å². The second-order valence-corrected chi connectivity index (χ2v) is 3.30. The van der Waals surface area contributed by atoms with E-state index in [2.05, 4.69) is 4.52 Å². The molecule has 0 heterocycles. The predicted octanol–water partition coefficient (Wildman–Crippen LogP) is 2.36. The Hall–Kier alpha value is -1.25. The number of ketones is 1. The maximum atomic E-state index is 11.3. The minimum Gasteiger partial charge on any atom is -0.294 e. The molecule has 74 valence electrons. The summed E-state index contributed by atoms with van der Waals surface area (Å²) in [4.78, 5) is 11.3. The summed E-state index contributed by atoms with van der Waals surface area (Å²) < 4.78 is 24.3. The van der Waals surface area contributed by atoms with Gasteiger partial charge in [-0.1, -0.05) is 30.3 Å². The summed E-state index contributed by atoms with van der Waals surface area (Å²) in [5, 5.41) is 0. The average Bonchev–Trinajstić information content (AvgIpc) is 2.18. The summed E-state index contributed by atoms with van der Waals surface area (Å²) in [6.45, 7) is -0.0908. The molecule has 5 heteroatoms. The third-order valence-electron chi connectivity index (χ3n) is 1.62. The summed E-state index contributed by atoms with van der Waals surface area (Å²) in [6.07, 6.45) is 0.0767. The first-order valence-corrected chi connectivity index (χ1v) is 5.15. The Morgan fingerprint density at radius 2 is 1.86 bits per heavy atom. The van der Waals surface area contributed by atoms with Crippen molar-refractivity contribution in [3.8, 4) is 0 Å². The summed E-state index contributed by atoms with van der Waals surface area (Å²) in [7, 11) is -2.85. The van der Waals surface area contributed by atoms with Gasteiger partial charge >= 0.3 is 7.91 Å². The predicted molar refractivity (Wildman–Crippen MR) is 49.6 cm³/mol. The molecule has 4 nitrogen and oxygen atoms in total. The molecule has 0 spiro atoms. The third-order valence-corrected chi connectivity index (χ3v) is 2.01. The van der Waals surface area contributed by atoms with E-state index >= 15 is 0 Å². The molecule has 0 saturated heterocycles. The molecule has 1 rings (SSSR count). The lowest BCUT2D eigenvalue weighted by Crippen LogP contribution is -2.01. The van der Waals surface area contributed by atoms with E-state index in [1.54, 1.807) is 24.3 Å². The van der Waals surface area contributed by atoms with Crippen LogP contribution < -0.4 is 0 Å². The van der Waals surface area contributed by atoms with Gasteiger partial charge in [0.2, 0.25) is 0 Å². The molecule has 0 aliphatic carbocycles. The van der Waals surface area contributed by atoms with Crippen LogP contribution in [0, 0.1) is 0 Å². The molecule has 0 aliphatic heterocycles. The highest BCUT2D eigenvalue weighted by atomic mass is 31.1. The Balaban J connectivity index is 2.44. The van der Waals surface area contributed by atoms with Crippen molar-refractivity contribution in [2.75, 3.05) is 6.61 Å². The SMILES string of the molecule is O=C(CCOP(=O)=O)c1ccccc1. The van der Waals surface area contributed by atoms with Crippen molar-refractivity contribution in [2.24, 2.45) is 0 Å². The number of Topliss-reactive ketones (excluding diaryl/α,β-unsaturated/α-hetero) is 1. The zero-order chi connectivity index (χ0) is 10.4. The largest absolute Gasteiger partial charge is 0.468 e. The normalized spacial score (nSPS) is 9.71. The number of hydrogen-bond donors (Lipinski definition) is 0. The topological polar surface area (TPSA) is 60.4 Å². The molecule has 14 heavy (non-hydrogen) atoms. The summed E-state index contributed by atoms with van der Waals surface area (Å²) in [5.74, 6) is -0.123. The van der Waals surface area contributed by atoms with Gasteiger partial charge in [-0.05, 0) is 0 Å². The molecule has 0 N–H and O–H groups in total. The van der Waals surface area contributed by atoms with E-state index in [4.69, 9.17) is 0 Å². The van der Waals surface area contributed by atoms with Crippen molar-refractivity contribution in [1.82, 2.24) is 0 Å². The van der Waals surface area contributed by atoms with Gasteiger partial charge in [-0.15, -0.1) is 0 Å². The fourth-order valence-corrected chi connectivity index (χ4v) is 1.22. The van der Waals surface area contributed by atoms with Crippen LogP contribution in [0.25, 0.3) is 0 Å². The molecule has 0 aromatic heterocycles. The zero-order valence-electron chi connectivity index (χ0n) is 7.38. The number of rotatable bonds is 5. The molecular weight excluding hydrogens is 203 g/mol. The molecule has 1 aromatic rings. The highest BCUT2D eigenvalue weighted by molar-refractivity contribution is 7.24. The van der Waals surface area contributed by atoms with Crippen LogP contribution in [0.3, 0.4) is 0 Å². The molecule has 0 amide bonds. The van der Waals surface area contributed by atoms with Crippen molar-refractivity contribution in [3.05, 3.63) is 35.9 Å². The van der Waals surface area contributed by atoms with Gasteiger partial charge in [0.05, 0.1) is 6.61 Å². The molecule has 0 unspecified atom stereocenters. The van der Waals surface area contributed by atoms with Crippen LogP contribution in [0.1, 0.15) is 16.8 Å². The highest BCUT2D eigenvalue weighted by Crippen LogP contribution is 2.08. The van der Waals surface area contributed by atoms with E-state index in [0.717, 1.165) is 0 Å². The molecule has 0 saturated carbocycles. The quantitative estimate of drug-likeness (QED) is 0.555. The van der Waals surface area contributed by atoms with Gasteiger partial charge in [-0.2, -0.15) is 0 Å². The van der Waals surface area contributed by atoms with Crippen LogP contribution in [0.2, 0.25) is 0 Å². The lowest BCUT2D eigenvalue weighted by atomic mass is 10.1. The van der Waals surface area contributed by atoms with E-state index in [1.165, 1.54) is 0 Å². The van der Waals surface area contributed by atoms with Gasteiger partial charge in [-0.3, -0.25) is 9.32 Å². The number of hydrogen-bond acceptors (Lipinski definition) is 4. The molecule has 0 fully saturated rings. The maximum absolute atomic E-state index is 11.3. The molecular formula is C9H9O4P. The second-order valence-electron chi connectivity index (χ2n) is 2.60. The van der Waals surface area contributed by atoms with Crippen molar-refractivity contribution < 1.29 is 18.4 Å². The van der Waals surface area contributed by atoms with Crippen molar-refractivity contribution in [1.29, 1.82) is 0 Å². The van der Waals surface area contributed by atoms with Crippen LogP contribution in [0.4, 0.5) is 0 Å². The lowest BCUT2D eigenvalue weighted by molar-refractivity contribution is 0.0963. The molecule has 0 bridgehead atoms. The molecule has 0 radical (unpaired) electrons. The third kappa shape index (κ3) is 3.64. The Morgan fingerprint density at radius 1 is 1.21 bits per heavy atom. The Morgan fingerprint density at radius 3 is 2.43 bits per heavy atom. The Bertz CT molecular complexity index is 362. The van der Waals surface area contributed by atoms with E-state index in [0.29, 0.717) is 5.56 Å². The second kappa shape index (κ2) is 5.47. The molecule has 1 aromatic carbocycles. The van der Waals surface area contributed by atoms with Gasteiger partial charge in [0.15, 0.2) is 5.78 Å². The number of carbonyl (C=O) groups is 1. The average molecular weight is 212 g/mol. The van der Waals surface area contributed by atoms with Crippen LogP contribution >= 0.6 is 7.91 Å². The summed E-state index contributed by atoms with van der Waals surface area (Å²) >= 11 is 0. The number of carbonyl (C=O) groups excluding carboxylic acids is 1. The van der Waals surface area contributed by atoms with Gasteiger partial charge in [0, 0.05) is 12.0 Å². The highest BCUT2D eigenvalue weighted by Gasteiger charge is 2.04. The van der Waals surface area contributed by atoms with Gasteiger partial charge < -0.3 is 0 Å². The van der Waals surface area contributed by atoms with Gasteiger partial charge in [0.1, 0.15) is 0 Å². The summed E-state index contributed by atoms with van der Waals surface area (Å²) in [6, 6.07) is 8.67. The first kappa shape index (κ1) is 10.8. The van der Waals surface area contributed by atoms with Crippen molar-refractivity contribution in [3.63, 3.8) is 0 Å². The van der Waals surface area contributed by atoms with Gasteiger partial charge in [-0.25, -0.2) is 9.13 Å². The lowest BCUT2D eigenvalue weighted by Gasteiger charge is -1.97. The first-order chi connectivity index (χ1) is 6.70. The summed E-state index contributed by atoms with van der Waals surface area (Å²) in [5.41, 5.74) is 0.567. The fourth-order valence-electron chi connectivity index (χ4n) is 0.981. The van der Waals surface area contributed by atoms with E-state index in [-0.39, 0.29) is 18.8 Å². The van der Waals surface area contributed by atoms with Crippen LogP contribution in [0.15, 0.2) is 30.3 Å². The minimum atomic E-state index is -2.85. The maximum Gasteiger partial charge on any atom is 0.468 e. The molecule has 0 atom stereocenters. The monoisotopic (exact) mass is 212 g/mol. The van der Waals surface area contributed by atoms with Crippen LogP contribution in [0.5, 0.6) is 0 Å². The minimum absolute atomic E-state index is 0.0767. The number of benzene rings is 1.